The van der Waals surface area contributed by atoms with Gasteiger partial charge in [-0.2, -0.15) is 0 Å². The number of carbonyl (C=O) groups is 2. The molecule has 0 radical (unpaired) electrons. The van der Waals surface area contributed by atoms with Crippen LogP contribution in [-0.4, -0.2) is 37.6 Å². The molecule has 0 unspecified atom stereocenters. The van der Waals surface area contributed by atoms with Crippen LogP contribution in [0.3, 0.4) is 0 Å². The lowest BCUT2D eigenvalue weighted by atomic mass is 10.1. The number of Topliss-reactive ketones (excluding diaryl/α,β-unsaturated/α-hetero) is 1. The lowest BCUT2D eigenvalue weighted by Gasteiger charge is -2.06. The molecule has 0 fully saturated rings. The van der Waals surface area contributed by atoms with Crippen molar-refractivity contribution in [2.45, 2.75) is 13.3 Å². The fraction of sp³-hybridized carbons (Fsp3) is 0.217. The number of benzene rings is 2. The molecule has 0 aliphatic carbocycles. The number of rotatable bonds is 8. The Kier molecular flexibility index (Phi) is 6.34. The van der Waals surface area contributed by atoms with Gasteiger partial charge in [-0.1, -0.05) is 25.1 Å². The molecule has 2 aromatic carbocycles. The number of fused-ring (bicyclic) bond motifs is 1. The number of hydrogen-bond acceptors (Lipinski definition) is 5. The van der Waals surface area contributed by atoms with Crippen LogP contribution in [0.15, 0.2) is 48.7 Å². The quantitative estimate of drug-likeness (QED) is 0.353. The van der Waals surface area contributed by atoms with E-state index in [0.29, 0.717) is 22.6 Å². The lowest BCUT2D eigenvalue weighted by Crippen LogP contribution is -2.12. The van der Waals surface area contributed by atoms with E-state index in [4.69, 9.17) is 14.2 Å². The Balaban J connectivity index is 1.65. The summed E-state index contributed by atoms with van der Waals surface area (Å²) in [5.41, 5.74) is 3.31. The van der Waals surface area contributed by atoms with E-state index in [2.05, 4.69) is 11.9 Å². The van der Waals surface area contributed by atoms with Crippen molar-refractivity contribution >= 4 is 28.7 Å². The number of aromatic amines is 1. The number of methoxy groups -OCH3 is 2. The van der Waals surface area contributed by atoms with E-state index in [9.17, 15) is 9.59 Å². The number of nitrogens with one attached hydrogen (secondary N) is 1. The smallest absolute Gasteiger partial charge is 0.331 e. The molecule has 0 atom stereocenters. The van der Waals surface area contributed by atoms with Crippen molar-refractivity contribution in [2.24, 2.45) is 0 Å². The fourth-order valence-electron chi connectivity index (χ4n) is 3.09. The molecule has 0 amide bonds. The minimum absolute atomic E-state index is 0.255. The summed E-state index contributed by atoms with van der Waals surface area (Å²) >= 11 is 0. The number of ether oxygens (including phenoxy) is 3. The van der Waals surface area contributed by atoms with Gasteiger partial charge in [-0.15, -0.1) is 0 Å². The van der Waals surface area contributed by atoms with Crippen LogP contribution >= 0.6 is 0 Å². The number of esters is 1. The van der Waals surface area contributed by atoms with E-state index in [1.165, 1.54) is 6.08 Å². The Hall–Kier alpha value is -3.54. The van der Waals surface area contributed by atoms with Gasteiger partial charge in [0, 0.05) is 34.8 Å². The largest absolute Gasteiger partial charge is 0.497 e. The van der Waals surface area contributed by atoms with Gasteiger partial charge in [0.1, 0.15) is 11.5 Å². The van der Waals surface area contributed by atoms with E-state index < -0.39 is 5.97 Å². The Morgan fingerprint density at radius 2 is 1.79 bits per heavy atom. The van der Waals surface area contributed by atoms with Crippen molar-refractivity contribution in [1.82, 2.24) is 4.98 Å². The number of aryl methyl sites for hydroxylation is 1. The molecule has 1 aromatic heterocycles. The van der Waals surface area contributed by atoms with Crippen LogP contribution in [0.2, 0.25) is 0 Å². The summed E-state index contributed by atoms with van der Waals surface area (Å²) in [6, 6.07) is 11.1. The zero-order valence-electron chi connectivity index (χ0n) is 16.7. The van der Waals surface area contributed by atoms with Crippen LogP contribution in [0.25, 0.3) is 17.0 Å². The molecular formula is C23H23NO5. The van der Waals surface area contributed by atoms with Crippen molar-refractivity contribution in [2.75, 3.05) is 20.8 Å². The van der Waals surface area contributed by atoms with Crippen molar-refractivity contribution in [3.8, 4) is 11.5 Å². The van der Waals surface area contributed by atoms with Crippen molar-refractivity contribution in [3.05, 3.63) is 65.4 Å². The van der Waals surface area contributed by atoms with E-state index >= 15 is 0 Å². The van der Waals surface area contributed by atoms with Crippen LogP contribution in [-0.2, 0) is 16.0 Å². The molecule has 0 saturated carbocycles. The molecule has 0 aliphatic heterocycles. The number of para-hydroxylation sites is 1. The molecular weight excluding hydrogens is 370 g/mol. The summed E-state index contributed by atoms with van der Waals surface area (Å²) in [4.78, 5) is 27.7. The van der Waals surface area contributed by atoms with Crippen LogP contribution in [0, 0.1) is 0 Å². The number of H-pyrrole nitrogens is 1. The van der Waals surface area contributed by atoms with Gasteiger partial charge >= 0.3 is 5.97 Å². The summed E-state index contributed by atoms with van der Waals surface area (Å²) in [7, 11) is 3.10. The second-order valence-electron chi connectivity index (χ2n) is 6.41. The topological polar surface area (TPSA) is 77.6 Å². The second kappa shape index (κ2) is 9.10. The van der Waals surface area contributed by atoms with E-state index in [1.54, 1.807) is 44.7 Å². The highest BCUT2D eigenvalue weighted by molar-refractivity contribution is 6.09. The fourth-order valence-corrected chi connectivity index (χ4v) is 3.09. The molecule has 6 nitrogen and oxygen atoms in total. The molecule has 1 heterocycles. The number of ketones is 1. The number of carbonyl (C=O) groups excluding carboxylic acids is 2. The Morgan fingerprint density at radius 1 is 1.07 bits per heavy atom. The van der Waals surface area contributed by atoms with Gasteiger partial charge in [-0.25, -0.2) is 4.79 Å². The van der Waals surface area contributed by atoms with Crippen LogP contribution in [0.5, 0.6) is 11.5 Å². The van der Waals surface area contributed by atoms with E-state index in [0.717, 1.165) is 22.9 Å². The Labute approximate surface area is 169 Å². The van der Waals surface area contributed by atoms with E-state index in [1.807, 2.05) is 18.2 Å². The maximum absolute atomic E-state index is 12.5. The van der Waals surface area contributed by atoms with Gasteiger partial charge in [0.15, 0.2) is 6.61 Å². The normalized spacial score (nSPS) is 11.0. The third-order valence-electron chi connectivity index (χ3n) is 4.61. The van der Waals surface area contributed by atoms with Gasteiger partial charge in [-0.3, -0.25) is 4.79 Å². The number of aromatic nitrogens is 1. The molecule has 0 saturated heterocycles. The Morgan fingerprint density at radius 3 is 2.45 bits per heavy atom. The first kappa shape index (κ1) is 20.2. The first-order valence-corrected chi connectivity index (χ1v) is 9.25. The maximum atomic E-state index is 12.5. The molecule has 3 rings (SSSR count). The molecule has 0 spiro atoms. The first-order chi connectivity index (χ1) is 14.0. The van der Waals surface area contributed by atoms with Gasteiger partial charge < -0.3 is 19.2 Å². The van der Waals surface area contributed by atoms with Gasteiger partial charge in [-0.05, 0) is 35.8 Å². The van der Waals surface area contributed by atoms with E-state index in [-0.39, 0.29) is 12.4 Å². The predicted molar refractivity (Wildman–Crippen MR) is 112 cm³/mol. The standard InChI is InChI=1S/C23H23NO5/c1-4-16-6-5-7-19-20(13-24-23(16)19)21(25)14-29-22(26)9-8-15-10-17(27-2)12-18(11-15)28-3/h5-13,24H,4,14H2,1-3H3/b9-8+. The molecule has 29 heavy (non-hydrogen) atoms. The summed E-state index contributed by atoms with van der Waals surface area (Å²) in [6.07, 6.45) is 5.38. The summed E-state index contributed by atoms with van der Waals surface area (Å²) in [5.74, 6) is 0.361. The van der Waals surface area contributed by atoms with Crippen LogP contribution in [0.4, 0.5) is 0 Å². The lowest BCUT2D eigenvalue weighted by molar-refractivity contribution is -0.136. The van der Waals surface area contributed by atoms with Crippen molar-refractivity contribution in [3.63, 3.8) is 0 Å². The maximum Gasteiger partial charge on any atom is 0.331 e. The second-order valence-corrected chi connectivity index (χ2v) is 6.41. The van der Waals surface area contributed by atoms with Gasteiger partial charge in [0.2, 0.25) is 5.78 Å². The summed E-state index contributed by atoms with van der Waals surface area (Å²) < 4.78 is 15.5. The molecule has 0 bridgehead atoms. The monoisotopic (exact) mass is 393 g/mol. The molecule has 6 heteroatoms. The average Bonchev–Trinajstić information content (AvgIpc) is 3.20. The summed E-state index contributed by atoms with van der Waals surface area (Å²) in [5, 5.41) is 0.837. The van der Waals surface area contributed by atoms with Gasteiger partial charge in [0.25, 0.3) is 0 Å². The van der Waals surface area contributed by atoms with Crippen LogP contribution < -0.4 is 9.47 Å². The third-order valence-corrected chi connectivity index (χ3v) is 4.61. The zero-order chi connectivity index (χ0) is 20.8. The highest BCUT2D eigenvalue weighted by Gasteiger charge is 2.15. The third kappa shape index (κ3) is 4.66. The SMILES string of the molecule is CCc1cccc2c(C(=O)COC(=O)/C=C/c3cc(OC)cc(OC)c3)c[nH]c12. The molecule has 3 aromatic rings. The average molecular weight is 393 g/mol. The first-order valence-electron chi connectivity index (χ1n) is 9.25. The minimum Gasteiger partial charge on any atom is -0.497 e. The highest BCUT2D eigenvalue weighted by Crippen LogP contribution is 2.24. The highest BCUT2D eigenvalue weighted by atomic mass is 16.5. The molecule has 0 aliphatic rings. The van der Waals surface area contributed by atoms with Gasteiger partial charge in [0.05, 0.1) is 14.2 Å². The molecule has 150 valence electrons. The van der Waals surface area contributed by atoms with Crippen molar-refractivity contribution in [1.29, 1.82) is 0 Å². The van der Waals surface area contributed by atoms with Crippen molar-refractivity contribution < 1.29 is 23.8 Å². The molecule has 1 N–H and O–H groups in total. The minimum atomic E-state index is -0.603. The zero-order valence-corrected chi connectivity index (χ0v) is 16.7. The Bertz CT molecular complexity index is 1040. The number of hydrogen-bond donors (Lipinski definition) is 1. The van der Waals surface area contributed by atoms with Crippen LogP contribution in [0.1, 0.15) is 28.4 Å². The predicted octanol–water partition coefficient (Wildman–Crippen LogP) is 4.19. The summed E-state index contributed by atoms with van der Waals surface area (Å²) in [6.45, 7) is 1.73.